The van der Waals surface area contributed by atoms with Crippen molar-refractivity contribution in [3.05, 3.63) is 63.6 Å². The highest BCUT2D eigenvalue weighted by molar-refractivity contribution is 9.10. The van der Waals surface area contributed by atoms with E-state index in [1.165, 1.54) is 0 Å². The van der Waals surface area contributed by atoms with Crippen LogP contribution in [0.15, 0.2) is 46.9 Å². The van der Waals surface area contributed by atoms with Crippen LogP contribution in [0.2, 0.25) is 0 Å². The molecular formula is C16H15BrN2O. The van der Waals surface area contributed by atoms with E-state index < -0.39 is 0 Å². The third-order valence-corrected chi connectivity index (χ3v) is 3.41. The van der Waals surface area contributed by atoms with Gasteiger partial charge < -0.3 is 10.5 Å². The van der Waals surface area contributed by atoms with Crippen molar-refractivity contribution in [2.24, 2.45) is 5.73 Å². The summed E-state index contributed by atoms with van der Waals surface area (Å²) >= 11 is 3.43. The Hall–Kier alpha value is -1.83. The number of hydrogen-bond donors (Lipinski definition) is 1. The summed E-state index contributed by atoms with van der Waals surface area (Å²) < 4.78 is 6.80. The zero-order valence-electron chi connectivity index (χ0n) is 11.1. The van der Waals surface area contributed by atoms with Gasteiger partial charge in [-0.2, -0.15) is 5.26 Å². The average molecular weight is 331 g/mol. The molecule has 0 aliphatic carbocycles. The Labute approximate surface area is 127 Å². The van der Waals surface area contributed by atoms with Crippen molar-refractivity contribution in [3.63, 3.8) is 0 Å². The molecule has 0 amide bonds. The van der Waals surface area contributed by atoms with Gasteiger partial charge >= 0.3 is 0 Å². The van der Waals surface area contributed by atoms with Gasteiger partial charge in [0.25, 0.3) is 0 Å². The van der Waals surface area contributed by atoms with Crippen molar-refractivity contribution in [2.75, 3.05) is 0 Å². The highest BCUT2D eigenvalue weighted by Gasteiger charge is 2.09. The Morgan fingerprint density at radius 1 is 1.30 bits per heavy atom. The molecule has 2 aromatic carbocycles. The van der Waals surface area contributed by atoms with Gasteiger partial charge in [-0.25, -0.2) is 0 Å². The molecule has 1 atom stereocenters. The van der Waals surface area contributed by atoms with Crippen LogP contribution in [-0.4, -0.2) is 0 Å². The largest absolute Gasteiger partial charge is 0.489 e. The molecule has 0 radical (unpaired) electrons. The van der Waals surface area contributed by atoms with E-state index in [9.17, 15) is 0 Å². The molecule has 0 aliphatic heterocycles. The summed E-state index contributed by atoms with van der Waals surface area (Å²) in [4.78, 5) is 0. The number of nitrogens with two attached hydrogens (primary N) is 1. The maximum Gasteiger partial charge on any atom is 0.124 e. The van der Waals surface area contributed by atoms with Gasteiger partial charge in [0.05, 0.1) is 11.6 Å². The number of halogens is 1. The predicted molar refractivity (Wildman–Crippen MR) is 82.2 cm³/mol. The van der Waals surface area contributed by atoms with E-state index in [0.717, 1.165) is 21.3 Å². The monoisotopic (exact) mass is 330 g/mol. The number of ether oxygens (including phenoxy) is 1. The number of nitrogens with zero attached hydrogens (tertiary/aromatic N) is 1. The van der Waals surface area contributed by atoms with Gasteiger partial charge in [-0.15, -0.1) is 0 Å². The Balaban J connectivity index is 2.16. The van der Waals surface area contributed by atoms with Crippen LogP contribution in [0, 0.1) is 11.3 Å². The van der Waals surface area contributed by atoms with Crippen molar-refractivity contribution in [1.82, 2.24) is 0 Å². The Morgan fingerprint density at radius 3 is 2.80 bits per heavy atom. The Morgan fingerprint density at radius 2 is 2.10 bits per heavy atom. The topological polar surface area (TPSA) is 59.0 Å². The van der Waals surface area contributed by atoms with Crippen LogP contribution >= 0.6 is 15.9 Å². The lowest BCUT2D eigenvalue weighted by Gasteiger charge is -2.14. The standard InChI is InChI=1S/C16H15BrN2O/c1-11(19)15-8-14(17)5-6-16(15)20-10-13-4-2-3-12(7-13)9-18/h2-8,11H,10,19H2,1H3. The minimum atomic E-state index is -0.104. The fourth-order valence-electron chi connectivity index (χ4n) is 1.90. The van der Waals surface area contributed by atoms with E-state index in [4.69, 9.17) is 15.7 Å². The number of nitriles is 1. The number of benzene rings is 2. The molecule has 3 nitrogen and oxygen atoms in total. The van der Waals surface area contributed by atoms with Gasteiger partial charge in [0.2, 0.25) is 0 Å². The minimum Gasteiger partial charge on any atom is -0.489 e. The van der Waals surface area contributed by atoms with Crippen LogP contribution < -0.4 is 10.5 Å². The van der Waals surface area contributed by atoms with E-state index in [1.54, 1.807) is 6.07 Å². The summed E-state index contributed by atoms with van der Waals surface area (Å²) in [5.41, 5.74) is 8.50. The van der Waals surface area contributed by atoms with Gasteiger partial charge in [0.15, 0.2) is 0 Å². The summed E-state index contributed by atoms with van der Waals surface area (Å²) in [6, 6.07) is 15.2. The fraction of sp³-hybridized carbons (Fsp3) is 0.188. The van der Waals surface area contributed by atoms with Gasteiger partial charge in [-0.3, -0.25) is 0 Å². The summed E-state index contributed by atoms with van der Waals surface area (Å²) in [7, 11) is 0. The first-order chi connectivity index (χ1) is 9.60. The van der Waals surface area contributed by atoms with E-state index in [0.29, 0.717) is 12.2 Å². The second-order valence-corrected chi connectivity index (χ2v) is 5.49. The van der Waals surface area contributed by atoms with Gasteiger partial charge in [0, 0.05) is 16.1 Å². The molecule has 0 bridgehead atoms. The maximum absolute atomic E-state index is 8.88. The van der Waals surface area contributed by atoms with Crippen LogP contribution in [0.1, 0.15) is 29.7 Å². The minimum absolute atomic E-state index is 0.104. The summed E-state index contributed by atoms with van der Waals surface area (Å²) in [6.45, 7) is 2.34. The third kappa shape index (κ3) is 3.60. The Kier molecular flexibility index (Phi) is 4.78. The lowest BCUT2D eigenvalue weighted by Crippen LogP contribution is -2.08. The SMILES string of the molecule is CC(N)c1cc(Br)ccc1OCc1cccc(C#N)c1. The molecule has 2 rings (SSSR count). The average Bonchev–Trinajstić information content (AvgIpc) is 2.46. The molecule has 0 heterocycles. The van der Waals surface area contributed by atoms with Crippen LogP contribution in [0.3, 0.4) is 0 Å². The summed E-state index contributed by atoms with van der Waals surface area (Å²) in [6.07, 6.45) is 0. The molecule has 4 heteroatoms. The lowest BCUT2D eigenvalue weighted by molar-refractivity contribution is 0.301. The predicted octanol–water partition coefficient (Wildman–Crippen LogP) is 3.92. The van der Waals surface area contributed by atoms with E-state index in [2.05, 4.69) is 22.0 Å². The zero-order chi connectivity index (χ0) is 14.5. The quantitative estimate of drug-likeness (QED) is 0.924. The van der Waals surface area contributed by atoms with Crippen molar-refractivity contribution < 1.29 is 4.74 Å². The highest BCUT2D eigenvalue weighted by Crippen LogP contribution is 2.28. The number of rotatable bonds is 4. The molecule has 0 saturated carbocycles. The zero-order valence-corrected chi connectivity index (χ0v) is 12.7. The lowest BCUT2D eigenvalue weighted by atomic mass is 10.1. The molecule has 0 aromatic heterocycles. The van der Waals surface area contributed by atoms with Gasteiger partial charge in [0.1, 0.15) is 12.4 Å². The molecule has 20 heavy (non-hydrogen) atoms. The van der Waals surface area contributed by atoms with E-state index in [-0.39, 0.29) is 6.04 Å². The first-order valence-electron chi connectivity index (χ1n) is 6.27. The molecule has 0 spiro atoms. The molecule has 2 aromatic rings. The highest BCUT2D eigenvalue weighted by atomic mass is 79.9. The smallest absolute Gasteiger partial charge is 0.124 e. The van der Waals surface area contributed by atoms with Crippen LogP contribution in [0.5, 0.6) is 5.75 Å². The van der Waals surface area contributed by atoms with Crippen LogP contribution in [0.25, 0.3) is 0 Å². The maximum atomic E-state index is 8.88. The van der Waals surface area contributed by atoms with Crippen LogP contribution in [-0.2, 0) is 6.61 Å². The molecule has 102 valence electrons. The summed E-state index contributed by atoms with van der Waals surface area (Å²) in [5, 5.41) is 8.88. The first kappa shape index (κ1) is 14.6. The normalized spacial score (nSPS) is 11.7. The molecular weight excluding hydrogens is 316 g/mol. The third-order valence-electron chi connectivity index (χ3n) is 2.91. The second kappa shape index (κ2) is 6.56. The Bertz CT molecular complexity index is 647. The molecule has 1 unspecified atom stereocenters. The van der Waals surface area contributed by atoms with Gasteiger partial charge in [-0.1, -0.05) is 28.1 Å². The van der Waals surface area contributed by atoms with Crippen molar-refractivity contribution in [1.29, 1.82) is 5.26 Å². The van der Waals surface area contributed by atoms with E-state index >= 15 is 0 Å². The van der Waals surface area contributed by atoms with Crippen molar-refractivity contribution >= 4 is 15.9 Å². The second-order valence-electron chi connectivity index (χ2n) is 4.57. The molecule has 0 saturated heterocycles. The van der Waals surface area contributed by atoms with Crippen molar-refractivity contribution in [2.45, 2.75) is 19.6 Å². The molecule has 0 fully saturated rings. The van der Waals surface area contributed by atoms with Gasteiger partial charge in [-0.05, 0) is 42.8 Å². The van der Waals surface area contributed by atoms with Crippen molar-refractivity contribution in [3.8, 4) is 11.8 Å². The number of hydrogen-bond acceptors (Lipinski definition) is 3. The molecule has 0 aliphatic rings. The summed E-state index contributed by atoms with van der Waals surface area (Å²) in [5.74, 6) is 0.769. The molecule has 2 N–H and O–H groups in total. The fourth-order valence-corrected chi connectivity index (χ4v) is 2.28. The van der Waals surface area contributed by atoms with E-state index in [1.807, 2.05) is 43.3 Å². The van der Waals surface area contributed by atoms with Crippen LogP contribution in [0.4, 0.5) is 0 Å². The first-order valence-corrected chi connectivity index (χ1v) is 7.06.